The van der Waals surface area contributed by atoms with Gasteiger partial charge in [-0.2, -0.15) is 0 Å². The van der Waals surface area contributed by atoms with Gasteiger partial charge in [-0.1, -0.05) is 42.2 Å². The predicted molar refractivity (Wildman–Crippen MR) is 136 cm³/mol. The third kappa shape index (κ3) is 3.95. The van der Waals surface area contributed by atoms with Crippen LogP contribution in [0.25, 0.3) is 11.7 Å². The van der Waals surface area contributed by atoms with Crippen molar-refractivity contribution in [3.8, 4) is 11.5 Å². The number of nitrogens with one attached hydrogen (secondary N) is 1. The van der Waals surface area contributed by atoms with E-state index in [1.165, 1.54) is 9.30 Å². The van der Waals surface area contributed by atoms with E-state index in [0.717, 1.165) is 22.9 Å². The van der Waals surface area contributed by atoms with Crippen LogP contribution in [0, 0.1) is 6.92 Å². The van der Waals surface area contributed by atoms with E-state index in [0.29, 0.717) is 38.7 Å². The van der Waals surface area contributed by atoms with Crippen molar-refractivity contribution >= 4 is 51.7 Å². The summed E-state index contributed by atoms with van der Waals surface area (Å²) in [5, 5.41) is 3.12. The Morgan fingerprint density at radius 3 is 2.91 bits per heavy atom. The Hall–Kier alpha value is -3.63. The number of carbonyl (C=O) groups is 1. The van der Waals surface area contributed by atoms with Crippen LogP contribution in [0.4, 0.5) is 5.82 Å². The van der Waals surface area contributed by atoms with Crippen LogP contribution in [0.2, 0.25) is 0 Å². The number of aryl methyl sites for hydroxylation is 1. The summed E-state index contributed by atoms with van der Waals surface area (Å²) in [5.41, 5.74) is 2.28. The minimum atomic E-state index is -0.277. The number of benzene rings is 1. The minimum Gasteiger partial charge on any atom is -0.454 e. The second kappa shape index (κ2) is 8.96. The number of carbonyl (C=O) groups excluding carboxylic acids is 1. The van der Waals surface area contributed by atoms with E-state index in [1.807, 2.05) is 31.2 Å². The van der Waals surface area contributed by atoms with Gasteiger partial charge in [-0.25, -0.2) is 4.98 Å². The summed E-state index contributed by atoms with van der Waals surface area (Å²) in [6.07, 6.45) is 4.90. The molecule has 2 aliphatic rings. The zero-order chi connectivity index (χ0) is 23.8. The maximum absolute atomic E-state index is 13.3. The van der Waals surface area contributed by atoms with Crippen LogP contribution in [0.3, 0.4) is 0 Å². The van der Waals surface area contributed by atoms with Gasteiger partial charge in [-0.15, -0.1) is 6.58 Å². The van der Waals surface area contributed by atoms with Gasteiger partial charge in [0.25, 0.3) is 11.5 Å². The van der Waals surface area contributed by atoms with Crippen LogP contribution in [0.15, 0.2) is 58.9 Å². The first-order valence-corrected chi connectivity index (χ1v) is 11.7. The Morgan fingerprint density at radius 1 is 1.26 bits per heavy atom. The van der Waals surface area contributed by atoms with Gasteiger partial charge in [0.1, 0.15) is 15.8 Å². The molecule has 1 fully saturated rings. The number of thioether (sulfide) groups is 1. The summed E-state index contributed by atoms with van der Waals surface area (Å²) in [7, 11) is 0. The Labute approximate surface area is 204 Å². The molecular formula is C24H20N4O4S2. The largest absolute Gasteiger partial charge is 0.454 e. The first-order chi connectivity index (χ1) is 16.5. The highest BCUT2D eigenvalue weighted by molar-refractivity contribution is 8.26. The topological polar surface area (TPSA) is 85.2 Å². The maximum Gasteiger partial charge on any atom is 0.267 e. The second-order valence-electron chi connectivity index (χ2n) is 7.69. The molecule has 0 spiro atoms. The lowest BCUT2D eigenvalue weighted by molar-refractivity contribution is -0.122. The van der Waals surface area contributed by atoms with Crippen molar-refractivity contribution in [3.05, 3.63) is 81.1 Å². The van der Waals surface area contributed by atoms with Gasteiger partial charge in [0, 0.05) is 12.7 Å². The van der Waals surface area contributed by atoms with Crippen molar-refractivity contribution in [1.29, 1.82) is 0 Å². The summed E-state index contributed by atoms with van der Waals surface area (Å²) >= 11 is 6.64. The highest BCUT2D eigenvalue weighted by atomic mass is 32.2. The van der Waals surface area contributed by atoms with Crippen LogP contribution in [0.5, 0.6) is 11.5 Å². The van der Waals surface area contributed by atoms with E-state index >= 15 is 0 Å². The molecule has 2 aliphatic heterocycles. The van der Waals surface area contributed by atoms with Gasteiger partial charge in [0.05, 0.1) is 17.0 Å². The molecule has 1 saturated heterocycles. The number of ether oxygens (including phenoxy) is 2. The molecule has 0 aliphatic carbocycles. The van der Waals surface area contributed by atoms with Gasteiger partial charge in [-0.3, -0.25) is 18.9 Å². The van der Waals surface area contributed by atoms with Crippen LogP contribution >= 0.6 is 24.0 Å². The summed E-state index contributed by atoms with van der Waals surface area (Å²) in [4.78, 5) is 33.1. The zero-order valence-electron chi connectivity index (χ0n) is 18.2. The molecule has 0 bridgehead atoms. The van der Waals surface area contributed by atoms with E-state index in [1.54, 1.807) is 24.4 Å². The lowest BCUT2D eigenvalue weighted by atomic mass is 10.2. The van der Waals surface area contributed by atoms with Crippen molar-refractivity contribution < 1.29 is 14.3 Å². The second-order valence-corrected chi connectivity index (χ2v) is 9.36. The Morgan fingerprint density at radius 2 is 2.09 bits per heavy atom. The number of aromatic nitrogens is 2. The normalized spacial score (nSPS) is 16.0. The van der Waals surface area contributed by atoms with Crippen LogP contribution in [-0.4, -0.2) is 37.8 Å². The SMILES string of the molecule is C=CCNc1nc2c(C)cccn2c(=O)c1/C=C1/SC(=S)N(Cc2ccc3c(c2)OCO3)C1=O. The van der Waals surface area contributed by atoms with Crippen molar-refractivity contribution in [2.75, 3.05) is 18.7 Å². The van der Waals surface area contributed by atoms with Crippen molar-refractivity contribution in [1.82, 2.24) is 14.3 Å². The summed E-state index contributed by atoms with van der Waals surface area (Å²) in [6, 6.07) is 9.20. The highest BCUT2D eigenvalue weighted by Gasteiger charge is 2.33. The van der Waals surface area contributed by atoms with Crippen LogP contribution in [0.1, 0.15) is 16.7 Å². The number of thiocarbonyl (C=S) groups is 1. The van der Waals surface area contributed by atoms with Crippen molar-refractivity contribution in [2.24, 2.45) is 0 Å². The molecule has 8 nitrogen and oxygen atoms in total. The lowest BCUT2D eigenvalue weighted by Crippen LogP contribution is -2.27. The predicted octanol–water partition coefficient (Wildman–Crippen LogP) is 3.73. The molecule has 4 heterocycles. The molecule has 172 valence electrons. The first-order valence-electron chi connectivity index (χ1n) is 10.5. The quantitative estimate of drug-likeness (QED) is 0.317. The van der Waals surface area contributed by atoms with E-state index in [-0.39, 0.29) is 30.4 Å². The monoisotopic (exact) mass is 492 g/mol. The van der Waals surface area contributed by atoms with Crippen LogP contribution in [-0.2, 0) is 11.3 Å². The molecule has 0 radical (unpaired) electrons. The first kappa shape index (κ1) is 22.2. The number of hydrogen-bond donors (Lipinski definition) is 1. The maximum atomic E-state index is 13.3. The number of hydrogen-bond acceptors (Lipinski definition) is 8. The molecule has 1 amide bonds. The summed E-state index contributed by atoms with van der Waals surface area (Å²) in [6.45, 7) is 6.49. The molecule has 0 saturated carbocycles. The number of nitrogens with zero attached hydrogens (tertiary/aromatic N) is 3. The molecule has 0 unspecified atom stereocenters. The highest BCUT2D eigenvalue weighted by Crippen LogP contribution is 2.36. The van der Waals surface area contributed by atoms with Gasteiger partial charge < -0.3 is 14.8 Å². The average Bonchev–Trinajstić information content (AvgIpc) is 3.40. The molecule has 3 aromatic rings. The molecule has 34 heavy (non-hydrogen) atoms. The fourth-order valence-corrected chi connectivity index (χ4v) is 4.97. The van der Waals surface area contributed by atoms with Crippen molar-refractivity contribution in [2.45, 2.75) is 13.5 Å². The number of rotatable bonds is 6. The Kier molecular flexibility index (Phi) is 5.84. The summed E-state index contributed by atoms with van der Waals surface area (Å²) in [5.74, 6) is 1.44. The number of fused-ring (bicyclic) bond motifs is 2. The average molecular weight is 493 g/mol. The van der Waals surface area contributed by atoms with Gasteiger partial charge in [0.2, 0.25) is 6.79 Å². The fourth-order valence-electron chi connectivity index (χ4n) is 3.73. The molecule has 2 aromatic heterocycles. The molecule has 1 aromatic carbocycles. The molecule has 1 N–H and O–H groups in total. The van der Waals surface area contributed by atoms with E-state index in [2.05, 4.69) is 16.9 Å². The number of pyridine rings is 1. The standard InChI is InChI=1S/C24H20N4O4S2/c1-3-8-25-20-16(22(29)27-9-4-5-14(2)21(27)26-20)11-19-23(30)28(24(33)34-19)12-15-6-7-17-18(10-15)32-13-31-17/h3-7,9-11,25H,1,8,12-13H2,2H3/b19-11+. The number of amides is 1. The van der Waals surface area contributed by atoms with Crippen molar-refractivity contribution in [3.63, 3.8) is 0 Å². The number of anilines is 1. The minimum absolute atomic E-state index is 0.180. The van der Waals surface area contributed by atoms with Crippen LogP contribution < -0.4 is 20.3 Å². The summed E-state index contributed by atoms with van der Waals surface area (Å²) < 4.78 is 12.7. The zero-order valence-corrected chi connectivity index (χ0v) is 19.9. The third-order valence-corrected chi connectivity index (χ3v) is 6.80. The Bertz CT molecular complexity index is 1450. The third-order valence-electron chi connectivity index (χ3n) is 5.42. The molecular weight excluding hydrogens is 472 g/mol. The van der Waals surface area contributed by atoms with Gasteiger partial charge >= 0.3 is 0 Å². The molecule has 0 atom stereocenters. The van der Waals surface area contributed by atoms with Gasteiger partial charge in [-0.05, 0) is 42.3 Å². The van der Waals surface area contributed by atoms with E-state index in [4.69, 9.17) is 21.7 Å². The van der Waals surface area contributed by atoms with Gasteiger partial charge in [0.15, 0.2) is 11.5 Å². The molecule has 5 rings (SSSR count). The fraction of sp³-hybridized carbons (Fsp3) is 0.167. The van der Waals surface area contributed by atoms with E-state index in [9.17, 15) is 9.59 Å². The smallest absolute Gasteiger partial charge is 0.267 e. The Balaban J connectivity index is 1.50. The lowest BCUT2D eigenvalue weighted by Gasteiger charge is -2.15. The molecule has 10 heteroatoms. The van der Waals surface area contributed by atoms with E-state index < -0.39 is 0 Å².